The minimum atomic E-state index is -2.17. The number of anilines is 3. The number of carbonyl (C=O) groups excluding carboxylic acids is 4. The molecule has 7 aromatic carbocycles. The third-order valence-corrected chi connectivity index (χ3v) is 15.4. The number of fused-ring (bicyclic) bond motifs is 3. The molecule has 4 aliphatic rings. The molecule has 0 saturated carbocycles. The molecule has 17 heteroatoms. The predicted molar refractivity (Wildman–Crippen MR) is 302 cm³/mol. The lowest BCUT2D eigenvalue weighted by Crippen LogP contribution is -2.54. The summed E-state index contributed by atoms with van der Waals surface area (Å²) in [5, 5.41) is 24.6. The number of benzene rings is 7. The fourth-order valence-corrected chi connectivity index (χ4v) is 11.9. The van der Waals surface area contributed by atoms with Crippen molar-refractivity contribution < 1.29 is 48.2 Å². The van der Waals surface area contributed by atoms with Gasteiger partial charge >= 0.3 is 12.1 Å². The van der Waals surface area contributed by atoms with Crippen LogP contribution in [0.1, 0.15) is 57.1 Å². The summed E-state index contributed by atoms with van der Waals surface area (Å²) < 4.78 is 24.3. The van der Waals surface area contributed by atoms with E-state index in [4.69, 9.17) is 18.9 Å². The van der Waals surface area contributed by atoms with Crippen molar-refractivity contribution in [3.05, 3.63) is 231 Å². The van der Waals surface area contributed by atoms with Gasteiger partial charge in [-0.05, 0) is 107 Å². The van der Waals surface area contributed by atoms with Gasteiger partial charge in [0, 0.05) is 48.7 Å². The molecule has 0 aromatic heterocycles. The number of hydrogen-bond donors (Lipinski definition) is 2. The van der Waals surface area contributed by atoms with Gasteiger partial charge in [-0.2, -0.15) is 0 Å². The van der Waals surface area contributed by atoms with E-state index in [0.717, 1.165) is 16.2 Å². The molecule has 1 spiro atoms. The van der Waals surface area contributed by atoms with Gasteiger partial charge in [0.05, 0.1) is 55.0 Å². The van der Waals surface area contributed by atoms with Crippen LogP contribution in [0.25, 0.3) is 0 Å². The van der Waals surface area contributed by atoms with Crippen LogP contribution in [0.5, 0.6) is 5.75 Å². The number of amides is 3. The fourth-order valence-electron chi connectivity index (χ4n) is 11.9. The number of aliphatic hydroxyl groups excluding tert-OH is 1. The van der Waals surface area contributed by atoms with Crippen LogP contribution in [0, 0.1) is 27.9 Å². The van der Waals surface area contributed by atoms with E-state index in [2.05, 4.69) is 27.0 Å². The van der Waals surface area contributed by atoms with Crippen molar-refractivity contribution in [1.29, 1.82) is 0 Å². The maximum absolute atomic E-state index is 16.9. The standard InChI is InChI=1S/C64H58N6O11/c1-66(41-44-13-5-2-6-14-44)32-12-15-43-24-31-54-53(39-43)64(62(74)68(54)63(75)80-42-45-22-27-51(28-23-45)70(76)77)55(60(72)65-49-25-29-50(30-26-49)67-33-36-78-37-34-67)57-61(73)81-58(47-18-9-4-10-19-47)56(46-16-7-3-8-17-46)69(57)59(64)48-20-11-21-52(40-48)79-38-35-71/h2-11,13-14,16-31,39-40,55-59,71H,32-38,41-42H2,1H3,(H,65,72). The first-order valence-electron chi connectivity index (χ1n) is 26.8. The van der Waals surface area contributed by atoms with E-state index in [-0.39, 0.29) is 36.8 Å². The summed E-state index contributed by atoms with van der Waals surface area (Å²) in [6.07, 6.45) is -2.08. The van der Waals surface area contributed by atoms with Gasteiger partial charge in [-0.1, -0.05) is 115 Å². The Morgan fingerprint density at radius 1 is 0.790 bits per heavy atom. The number of cyclic esters (lactones) is 1. The van der Waals surface area contributed by atoms with Crippen LogP contribution in [0.4, 0.5) is 27.5 Å². The molecule has 6 atom stereocenters. The van der Waals surface area contributed by atoms with Crippen molar-refractivity contribution in [2.24, 2.45) is 5.92 Å². The number of nitrogens with one attached hydrogen (secondary N) is 1. The fraction of sp³-hybridized carbons (Fsp3) is 0.250. The van der Waals surface area contributed by atoms with Crippen LogP contribution in [-0.2, 0) is 47.2 Å². The van der Waals surface area contributed by atoms with Gasteiger partial charge in [-0.3, -0.25) is 34.3 Å². The first kappa shape index (κ1) is 53.8. The predicted octanol–water partition coefficient (Wildman–Crippen LogP) is 8.93. The van der Waals surface area contributed by atoms with Gasteiger partial charge in [-0.15, -0.1) is 0 Å². The quantitative estimate of drug-likeness (QED) is 0.0428. The highest BCUT2D eigenvalue weighted by Gasteiger charge is 2.76. The molecule has 4 aliphatic heterocycles. The molecule has 3 amide bonds. The van der Waals surface area contributed by atoms with Crippen LogP contribution < -0.4 is 19.9 Å². The molecule has 0 bridgehead atoms. The largest absolute Gasteiger partial charge is 0.491 e. The summed E-state index contributed by atoms with van der Waals surface area (Å²) in [6, 6.07) is 50.0. The van der Waals surface area contributed by atoms with E-state index in [9.17, 15) is 15.2 Å². The number of non-ortho nitro benzene ring substituents is 1. The van der Waals surface area contributed by atoms with E-state index in [0.29, 0.717) is 78.6 Å². The normalized spacial score (nSPS) is 21.1. The Kier molecular flexibility index (Phi) is 15.7. The molecule has 6 unspecified atom stereocenters. The summed E-state index contributed by atoms with van der Waals surface area (Å²) in [4.78, 5) is 82.1. The molecule has 17 nitrogen and oxygen atoms in total. The first-order valence-corrected chi connectivity index (χ1v) is 26.8. The van der Waals surface area contributed by atoms with Crippen molar-refractivity contribution in [3.63, 3.8) is 0 Å². The van der Waals surface area contributed by atoms with Crippen LogP contribution in [0.2, 0.25) is 0 Å². The lowest BCUT2D eigenvalue weighted by atomic mass is 9.65. The molecule has 11 rings (SSSR count). The second kappa shape index (κ2) is 23.7. The van der Waals surface area contributed by atoms with Crippen molar-refractivity contribution in [2.45, 2.75) is 42.8 Å². The number of aliphatic hydroxyl groups is 1. The number of morpholine rings is 2. The van der Waals surface area contributed by atoms with E-state index in [1.165, 1.54) is 24.3 Å². The van der Waals surface area contributed by atoms with E-state index < -0.39 is 64.4 Å². The van der Waals surface area contributed by atoms with Crippen LogP contribution in [0.3, 0.4) is 0 Å². The highest BCUT2D eigenvalue weighted by atomic mass is 16.6. The second-order valence-electron chi connectivity index (χ2n) is 20.4. The second-order valence-corrected chi connectivity index (χ2v) is 20.4. The van der Waals surface area contributed by atoms with Crippen LogP contribution >= 0.6 is 0 Å². The van der Waals surface area contributed by atoms with Gasteiger partial charge in [0.25, 0.3) is 5.69 Å². The molecule has 0 aliphatic carbocycles. The number of imide groups is 1. The highest BCUT2D eigenvalue weighted by molar-refractivity contribution is 6.24. The first-order chi connectivity index (χ1) is 39.5. The molecule has 3 saturated heterocycles. The Hall–Kier alpha value is -9.18. The van der Waals surface area contributed by atoms with Crippen molar-refractivity contribution >= 4 is 46.6 Å². The van der Waals surface area contributed by atoms with E-state index in [1.807, 2.05) is 115 Å². The van der Waals surface area contributed by atoms with Crippen molar-refractivity contribution in [1.82, 2.24) is 9.80 Å². The van der Waals surface area contributed by atoms with Crippen LogP contribution in [-0.4, -0.2) is 103 Å². The zero-order chi connectivity index (χ0) is 56.0. The Morgan fingerprint density at radius 2 is 1.47 bits per heavy atom. The van der Waals surface area contributed by atoms with Crippen molar-refractivity contribution in [3.8, 4) is 17.6 Å². The van der Waals surface area contributed by atoms with E-state index in [1.54, 1.807) is 54.6 Å². The Bertz CT molecular complexity index is 3500. The Labute approximate surface area is 468 Å². The summed E-state index contributed by atoms with van der Waals surface area (Å²) in [5.41, 5.74) is 3.08. The highest BCUT2D eigenvalue weighted by Crippen LogP contribution is 2.66. The zero-order valence-corrected chi connectivity index (χ0v) is 44.3. The van der Waals surface area contributed by atoms with Gasteiger partial charge in [0.1, 0.15) is 36.5 Å². The Morgan fingerprint density at radius 3 is 2.16 bits per heavy atom. The number of nitro groups is 1. The summed E-state index contributed by atoms with van der Waals surface area (Å²) in [5.74, 6) is 2.94. The minimum absolute atomic E-state index is 0.0608. The average Bonchev–Trinajstić information content (AvgIpc) is 2.98. The number of ether oxygens (including phenoxy) is 4. The Balaban J connectivity index is 1.12. The third-order valence-electron chi connectivity index (χ3n) is 15.4. The lowest BCUT2D eigenvalue weighted by molar-refractivity contribution is -0.384. The SMILES string of the molecule is CN(CC#Cc1ccc2c(c1)C1(C(=O)N2C(=O)OCc2ccc([N+](=O)[O-])cc2)C(C(=O)Nc2ccc(N3CCOCC3)cc2)C2C(=O)OC(c3ccccc3)C(c3ccccc3)N2C1c1cccc(OCCO)c1)Cc1ccccc1. The smallest absolute Gasteiger partial charge is 0.421 e. The van der Waals surface area contributed by atoms with Gasteiger partial charge < -0.3 is 34.3 Å². The number of esters is 1. The summed E-state index contributed by atoms with van der Waals surface area (Å²) in [7, 11) is 1.96. The molecule has 81 heavy (non-hydrogen) atoms. The average molecular weight is 1090 g/mol. The lowest BCUT2D eigenvalue weighted by Gasteiger charge is -2.46. The molecular weight excluding hydrogens is 1030 g/mol. The van der Waals surface area contributed by atoms with Crippen LogP contribution in [0.15, 0.2) is 182 Å². The summed E-state index contributed by atoms with van der Waals surface area (Å²) >= 11 is 0. The van der Waals surface area contributed by atoms with Crippen molar-refractivity contribution in [2.75, 3.05) is 68.2 Å². The maximum atomic E-state index is 16.9. The molecular formula is C64H58N6O11. The molecule has 4 heterocycles. The maximum Gasteiger partial charge on any atom is 0.421 e. The number of hydrogen-bond acceptors (Lipinski definition) is 14. The molecule has 7 aromatic rings. The summed E-state index contributed by atoms with van der Waals surface area (Å²) in [6.45, 7) is 2.75. The van der Waals surface area contributed by atoms with Gasteiger partial charge in [0.2, 0.25) is 11.8 Å². The molecule has 2 N–H and O–H groups in total. The zero-order valence-electron chi connectivity index (χ0n) is 44.3. The number of nitrogens with zero attached hydrogens (tertiary/aromatic N) is 5. The van der Waals surface area contributed by atoms with Gasteiger partial charge in [-0.25, -0.2) is 9.69 Å². The monoisotopic (exact) mass is 1090 g/mol. The minimum Gasteiger partial charge on any atom is -0.491 e. The number of carbonyl (C=O) groups is 4. The molecule has 410 valence electrons. The topological polar surface area (TPSA) is 194 Å². The van der Waals surface area contributed by atoms with E-state index >= 15 is 19.2 Å². The third kappa shape index (κ3) is 10.7. The number of rotatable bonds is 15. The number of nitro benzene ring substituents is 1. The molecule has 3 fully saturated rings. The molecule has 0 radical (unpaired) electrons. The van der Waals surface area contributed by atoms with Gasteiger partial charge in [0.15, 0.2) is 0 Å².